The van der Waals surface area contributed by atoms with Gasteiger partial charge in [-0.1, -0.05) is 11.6 Å². The van der Waals surface area contributed by atoms with Crippen molar-refractivity contribution in [2.75, 3.05) is 25.6 Å². The number of ketones is 1. The average molecular weight is 410 g/mol. The number of ether oxygens (including phenoxy) is 3. The molecule has 0 fully saturated rings. The molecule has 9 heteroatoms. The van der Waals surface area contributed by atoms with Crippen LogP contribution in [0.2, 0.25) is 5.02 Å². The normalized spacial score (nSPS) is 10.1. The number of hydrogen-bond donors (Lipinski definition) is 1. The summed E-state index contributed by atoms with van der Waals surface area (Å²) in [6.07, 6.45) is 0. The van der Waals surface area contributed by atoms with E-state index in [9.17, 15) is 18.8 Å². The second kappa shape index (κ2) is 9.70. The summed E-state index contributed by atoms with van der Waals surface area (Å²) in [6.45, 7) is 0.390. The van der Waals surface area contributed by atoms with Crippen LogP contribution in [0, 0.1) is 5.82 Å². The van der Waals surface area contributed by atoms with Crippen LogP contribution in [0.4, 0.5) is 10.1 Å². The molecule has 28 heavy (non-hydrogen) atoms. The van der Waals surface area contributed by atoms with E-state index in [0.29, 0.717) is 5.56 Å². The molecule has 0 aliphatic heterocycles. The predicted molar refractivity (Wildman–Crippen MR) is 99.5 cm³/mol. The second-order valence-corrected chi connectivity index (χ2v) is 5.96. The maximum absolute atomic E-state index is 13.1. The van der Waals surface area contributed by atoms with E-state index in [1.807, 2.05) is 0 Å². The minimum atomic E-state index is -0.787. The number of esters is 1. The van der Waals surface area contributed by atoms with E-state index in [0.717, 1.165) is 6.07 Å². The van der Waals surface area contributed by atoms with Crippen LogP contribution in [0.5, 0.6) is 11.5 Å². The molecule has 0 spiro atoms. The van der Waals surface area contributed by atoms with E-state index in [4.69, 9.17) is 25.8 Å². The first-order chi connectivity index (χ1) is 13.3. The van der Waals surface area contributed by atoms with Gasteiger partial charge in [-0.2, -0.15) is 0 Å². The first kappa shape index (κ1) is 21.2. The summed E-state index contributed by atoms with van der Waals surface area (Å²) >= 11 is 5.62. The van der Waals surface area contributed by atoms with Crippen molar-refractivity contribution in [3.05, 3.63) is 52.8 Å². The Morgan fingerprint density at radius 3 is 2.46 bits per heavy atom. The van der Waals surface area contributed by atoms with Crippen molar-refractivity contribution in [1.29, 1.82) is 0 Å². The molecule has 2 aromatic carbocycles. The molecular formula is C19H17ClFNO6. The quantitative estimate of drug-likeness (QED) is 0.531. The Labute approximate surface area is 165 Å². The highest BCUT2D eigenvalue weighted by Crippen LogP contribution is 2.28. The van der Waals surface area contributed by atoms with Crippen molar-refractivity contribution in [2.45, 2.75) is 6.92 Å². The number of methoxy groups -OCH3 is 1. The Hall–Kier alpha value is -3.13. The van der Waals surface area contributed by atoms with E-state index in [1.54, 1.807) is 0 Å². The highest BCUT2D eigenvalue weighted by Gasteiger charge is 2.13. The van der Waals surface area contributed by atoms with E-state index < -0.39 is 30.9 Å². The molecule has 1 N–H and O–H groups in total. The minimum Gasteiger partial charge on any atom is -0.493 e. The third kappa shape index (κ3) is 5.95. The summed E-state index contributed by atoms with van der Waals surface area (Å²) in [5.74, 6) is -1.64. The van der Waals surface area contributed by atoms with E-state index in [-0.39, 0.29) is 28.0 Å². The first-order valence-electron chi connectivity index (χ1n) is 8.02. The molecule has 0 heterocycles. The lowest BCUT2D eigenvalue weighted by molar-refractivity contribution is -0.149. The van der Waals surface area contributed by atoms with Crippen molar-refractivity contribution in [3.63, 3.8) is 0 Å². The van der Waals surface area contributed by atoms with Gasteiger partial charge >= 0.3 is 5.97 Å². The van der Waals surface area contributed by atoms with Crippen LogP contribution in [0.1, 0.15) is 17.3 Å². The molecule has 1 amide bonds. The number of halogens is 2. The fraction of sp³-hybridized carbons (Fsp3) is 0.211. The van der Waals surface area contributed by atoms with Crippen molar-refractivity contribution in [2.24, 2.45) is 0 Å². The van der Waals surface area contributed by atoms with Crippen LogP contribution < -0.4 is 14.8 Å². The van der Waals surface area contributed by atoms with Crippen molar-refractivity contribution >= 4 is 34.9 Å². The molecule has 2 aromatic rings. The van der Waals surface area contributed by atoms with E-state index in [2.05, 4.69) is 5.32 Å². The fourth-order valence-electron chi connectivity index (χ4n) is 2.10. The second-order valence-electron chi connectivity index (χ2n) is 5.55. The first-order valence-corrected chi connectivity index (χ1v) is 8.40. The predicted octanol–water partition coefficient (Wildman–Crippen LogP) is 3.25. The number of hydrogen-bond acceptors (Lipinski definition) is 6. The monoisotopic (exact) mass is 409 g/mol. The van der Waals surface area contributed by atoms with Crippen LogP contribution in [-0.2, 0) is 14.3 Å². The van der Waals surface area contributed by atoms with Crippen molar-refractivity contribution in [1.82, 2.24) is 0 Å². The topological polar surface area (TPSA) is 90.9 Å². The van der Waals surface area contributed by atoms with Crippen LogP contribution in [0.3, 0.4) is 0 Å². The summed E-state index contributed by atoms with van der Waals surface area (Å²) in [5, 5.41) is 2.27. The molecule has 2 rings (SSSR count). The third-order valence-corrected chi connectivity index (χ3v) is 3.77. The summed E-state index contributed by atoms with van der Waals surface area (Å²) in [7, 11) is 1.40. The van der Waals surface area contributed by atoms with Gasteiger partial charge in [0.1, 0.15) is 5.82 Å². The SMILES string of the molecule is COc1cc(C(C)=O)ccc1OCC(=O)OCC(=O)Nc1ccc(F)c(Cl)c1. The minimum absolute atomic E-state index is 0.141. The van der Waals surface area contributed by atoms with Crippen molar-refractivity contribution in [3.8, 4) is 11.5 Å². The molecule has 0 atom stereocenters. The molecule has 0 saturated heterocycles. The van der Waals surface area contributed by atoms with Gasteiger partial charge in [-0.3, -0.25) is 9.59 Å². The standard InChI is InChI=1S/C19H17ClFNO6/c1-11(23)12-3-6-16(17(7-12)26-2)27-10-19(25)28-9-18(24)22-13-4-5-15(21)14(20)8-13/h3-8H,9-10H2,1-2H3,(H,22,24). The molecule has 148 valence electrons. The molecule has 7 nitrogen and oxygen atoms in total. The number of nitrogens with one attached hydrogen (secondary N) is 1. The Morgan fingerprint density at radius 2 is 1.82 bits per heavy atom. The summed E-state index contributed by atoms with van der Waals surface area (Å²) < 4.78 is 28.3. The van der Waals surface area contributed by atoms with Crippen molar-refractivity contribution < 1.29 is 33.0 Å². The zero-order valence-electron chi connectivity index (χ0n) is 15.1. The Bertz CT molecular complexity index is 902. The van der Waals surface area contributed by atoms with Gasteiger partial charge in [0.25, 0.3) is 5.91 Å². The summed E-state index contributed by atoms with van der Waals surface area (Å²) in [5.41, 5.74) is 0.698. The van der Waals surface area contributed by atoms with Gasteiger partial charge in [0.05, 0.1) is 12.1 Å². The van der Waals surface area contributed by atoms with Gasteiger partial charge in [0.2, 0.25) is 0 Å². The van der Waals surface area contributed by atoms with Gasteiger partial charge < -0.3 is 19.5 Å². The Balaban J connectivity index is 1.83. The lowest BCUT2D eigenvalue weighted by Crippen LogP contribution is -2.23. The summed E-state index contributed by atoms with van der Waals surface area (Å²) in [4.78, 5) is 34.9. The maximum atomic E-state index is 13.1. The van der Waals surface area contributed by atoms with E-state index >= 15 is 0 Å². The number of carbonyl (C=O) groups excluding carboxylic acids is 3. The van der Waals surface area contributed by atoms with Gasteiger partial charge in [-0.05, 0) is 43.3 Å². The number of carbonyl (C=O) groups is 3. The molecule has 0 saturated carbocycles. The van der Waals surface area contributed by atoms with Crippen LogP contribution in [-0.4, -0.2) is 38.0 Å². The number of Topliss-reactive ketones (excluding diaryl/α,β-unsaturated/α-hetero) is 1. The lowest BCUT2D eigenvalue weighted by Gasteiger charge is -2.11. The molecule has 0 bridgehead atoms. The third-order valence-electron chi connectivity index (χ3n) is 3.48. The van der Waals surface area contributed by atoms with Gasteiger partial charge in [0, 0.05) is 11.3 Å². The van der Waals surface area contributed by atoms with Crippen LogP contribution in [0.15, 0.2) is 36.4 Å². The largest absolute Gasteiger partial charge is 0.493 e. The van der Waals surface area contributed by atoms with Gasteiger partial charge in [-0.15, -0.1) is 0 Å². The fourth-order valence-corrected chi connectivity index (χ4v) is 2.28. The smallest absolute Gasteiger partial charge is 0.344 e. The van der Waals surface area contributed by atoms with Crippen LogP contribution >= 0.6 is 11.6 Å². The van der Waals surface area contributed by atoms with Gasteiger partial charge in [0.15, 0.2) is 30.5 Å². The highest BCUT2D eigenvalue weighted by molar-refractivity contribution is 6.31. The zero-order chi connectivity index (χ0) is 20.7. The molecular weight excluding hydrogens is 393 g/mol. The van der Waals surface area contributed by atoms with E-state index in [1.165, 1.54) is 44.4 Å². The van der Waals surface area contributed by atoms with Gasteiger partial charge in [-0.25, -0.2) is 9.18 Å². The molecule has 0 unspecified atom stereocenters. The zero-order valence-corrected chi connectivity index (χ0v) is 15.8. The number of benzene rings is 2. The summed E-state index contributed by atoms with van der Waals surface area (Å²) in [6, 6.07) is 8.17. The maximum Gasteiger partial charge on any atom is 0.344 e. The number of anilines is 1. The lowest BCUT2D eigenvalue weighted by atomic mass is 10.1. The molecule has 0 radical (unpaired) electrons. The Morgan fingerprint density at radius 1 is 1.07 bits per heavy atom. The average Bonchev–Trinajstić information content (AvgIpc) is 2.67. The molecule has 0 aromatic heterocycles. The van der Waals surface area contributed by atoms with Crippen LogP contribution in [0.25, 0.3) is 0 Å². The molecule has 0 aliphatic rings. The number of amides is 1. The number of rotatable bonds is 8. The Kier molecular flexibility index (Phi) is 7.34. The molecule has 0 aliphatic carbocycles. The highest BCUT2D eigenvalue weighted by atomic mass is 35.5.